The van der Waals surface area contributed by atoms with Crippen LogP contribution in [0.25, 0.3) is 0 Å². The molecule has 2 heterocycles. The minimum Gasteiger partial charge on any atom is -0.495 e. The first-order valence-corrected chi connectivity index (χ1v) is 7.46. The summed E-state index contributed by atoms with van der Waals surface area (Å²) in [6.07, 6.45) is 3.69. The molecular formula is C16H20N2O3. The highest BCUT2D eigenvalue weighted by atomic mass is 16.5. The van der Waals surface area contributed by atoms with Crippen molar-refractivity contribution in [2.45, 2.75) is 31.7 Å². The van der Waals surface area contributed by atoms with Crippen molar-refractivity contribution in [3.8, 4) is 5.75 Å². The zero-order valence-corrected chi connectivity index (χ0v) is 12.2. The Bertz CT molecular complexity index is 552. The van der Waals surface area contributed by atoms with Gasteiger partial charge in [0.2, 0.25) is 5.91 Å². The molecule has 1 aromatic carbocycles. The zero-order valence-electron chi connectivity index (χ0n) is 12.2. The fourth-order valence-corrected chi connectivity index (χ4v) is 3.20. The molecule has 1 atom stereocenters. The van der Waals surface area contributed by atoms with Gasteiger partial charge in [-0.1, -0.05) is 18.6 Å². The topological polar surface area (TPSA) is 49.9 Å². The van der Waals surface area contributed by atoms with Crippen LogP contribution >= 0.6 is 0 Å². The summed E-state index contributed by atoms with van der Waals surface area (Å²) in [6.45, 7) is 1.81. The molecule has 0 bridgehead atoms. The van der Waals surface area contributed by atoms with Gasteiger partial charge in [0.1, 0.15) is 5.75 Å². The number of likely N-dealkylation sites (tertiary alicyclic amines) is 1. The van der Waals surface area contributed by atoms with Gasteiger partial charge in [-0.25, -0.2) is 4.90 Å². The number of rotatable bonds is 3. The maximum Gasteiger partial charge on any atom is 0.251 e. The lowest BCUT2D eigenvalue weighted by molar-refractivity contribution is -0.123. The summed E-state index contributed by atoms with van der Waals surface area (Å²) in [5, 5.41) is 0. The molecule has 0 unspecified atom stereocenters. The monoisotopic (exact) mass is 288 g/mol. The van der Waals surface area contributed by atoms with E-state index in [2.05, 4.69) is 4.90 Å². The van der Waals surface area contributed by atoms with Gasteiger partial charge < -0.3 is 4.74 Å². The van der Waals surface area contributed by atoms with Gasteiger partial charge in [-0.2, -0.15) is 0 Å². The summed E-state index contributed by atoms with van der Waals surface area (Å²) >= 11 is 0. The second kappa shape index (κ2) is 5.85. The van der Waals surface area contributed by atoms with Gasteiger partial charge in [-0.05, 0) is 38.1 Å². The zero-order chi connectivity index (χ0) is 14.8. The average Bonchev–Trinajstić information content (AvgIpc) is 2.83. The van der Waals surface area contributed by atoms with Gasteiger partial charge >= 0.3 is 0 Å². The highest BCUT2D eigenvalue weighted by Gasteiger charge is 2.43. The normalized spacial score (nSPS) is 23.7. The van der Waals surface area contributed by atoms with E-state index in [9.17, 15) is 9.59 Å². The Morgan fingerprint density at radius 3 is 2.52 bits per heavy atom. The van der Waals surface area contributed by atoms with Crippen molar-refractivity contribution >= 4 is 17.5 Å². The summed E-state index contributed by atoms with van der Waals surface area (Å²) in [5.41, 5.74) is 0.550. The number of nitrogens with zero attached hydrogens (tertiary/aromatic N) is 2. The highest BCUT2D eigenvalue weighted by Crippen LogP contribution is 2.33. The molecule has 21 heavy (non-hydrogen) atoms. The number of imide groups is 1. The third kappa shape index (κ3) is 2.53. The highest BCUT2D eigenvalue weighted by molar-refractivity contribution is 6.23. The summed E-state index contributed by atoms with van der Waals surface area (Å²) in [4.78, 5) is 28.5. The number of carbonyl (C=O) groups excluding carboxylic acids is 2. The quantitative estimate of drug-likeness (QED) is 0.796. The predicted molar refractivity (Wildman–Crippen MR) is 79.3 cm³/mol. The Balaban J connectivity index is 1.86. The second-order valence-electron chi connectivity index (χ2n) is 5.56. The van der Waals surface area contributed by atoms with Gasteiger partial charge in [0.15, 0.2) is 0 Å². The third-order valence-corrected chi connectivity index (χ3v) is 4.28. The first-order valence-electron chi connectivity index (χ1n) is 7.46. The van der Waals surface area contributed by atoms with Gasteiger partial charge in [0.25, 0.3) is 5.91 Å². The van der Waals surface area contributed by atoms with Crippen LogP contribution < -0.4 is 9.64 Å². The Hall–Kier alpha value is -1.88. The van der Waals surface area contributed by atoms with E-state index in [0.717, 1.165) is 25.9 Å². The Morgan fingerprint density at radius 1 is 1.10 bits per heavy atom. The third-order valence-electron chi connectivity index (χ3n) is 4.28. The first kappa shape index (κ1) is 14.1. The van der Waals surface area contributed by atoms with Crippen LogP contribution in [0.2, 0.25) is 0 Å². The summed E-state index contributed by atoms with van der Waals surface area (Å²) in [7, 11) is 1.55. The fourth-order valence-electron chi connectivity index (χ4n) is 3.20. The van der Waals surface area contributed by atoms with Crippen molar-refractivity contribution in [2.24, 2.45) is 0 Å². The van der Waals surface area contributed by atoms with Crippen molar-refractivity contribution in [3.63, 3.8) is 0 Å². The lowest BCUT2D eigenvalue weighted by Gasteiger charge is -2.30. The van der Waals surface area contributed by atoms with Crippen LogP contribution in [0.1, 0.15) is 25.7 Å². The van der Waals surface area contributed by atoms with Crippen LogP contribution in [0.15, 0.2) is 24.3 Å². The SMILES string of the molecule is COc1ccccc1N1C(=O)C[C@@H](N2CCCCC2)C1=O. The molecule has 2 aliphatic heterocycles. The number of amides is 2. The van der Waals surface area contributed by atoms with E-state index in [4.69, 9.17) is 4.74 Å². The first-order chi connectivity index (χ1) is 10.2. The molecule has 1 aromatic rings. The number of ether oxygens (including phenoxy) is 1. The van der Waals surface area contributed by atoms with Crippen LogP contribution in [-0.4, -0.2) is 43.0 Å². The van der Waals surface area contributed by atoms with Crippen LogP contribution in [0.4, 0.5) is 5.69 Å². The molecule has 0 aliphatic carbocycles. The van der Waals surface area contributed by atoms with Gasteiger partial charge in [0, 0.05) is 0 Å². The van der Waals surface area contributed by atoms with E-state index in [1.54, 1.807) is 19.2 Å². The number of hydrogen-bond donors (Lipinski definition) is 0. The predicted octanol–water partition coefficient (Wildman–Crippen LogP) is 1.81. The summed E-state index contributed by atoms with van der Waals surface area (Å²) < 4.78 is 5.28. The molecule has 0 aromatic heterocycles. The van der Waals surface area contributed by atoms with E-state index in [0.29, 0.717) is 11.4 Å². The van der Waals surface area contributed by atoms with Crippen LogP contribution in [0.5, 0.6) is 5.75 Å². The summed E-state index contributed by atoms with van der Waals surface area (Å²) in [5.74, 6) is 0.296. The van der Waals surface area contributed by atoms with E-state index in [1.165, 1.54) is 11.3 Å². The molecule has 0 spiro atoms. The van der Waals surface area contributed by atoms with Crippen molar-refractivity contribution < 1.29 is 14.3 Å². The molecule has 112 valence electrons. The number of anilines is 1. The van der Waals surface area contributed by atoms with E-state index in [1.807, 2.05) is 12.1 Å². The summed E-state index contributed by atoms with van der Waals surface area (Å²) in [6, 6.07) is 6.86. The van der Waals surface area contributed by atoms with Crippen molar-refractivity contribution in [1.82, 2.24) is 4.90 Å². The molecule has 0 radical (unpaired) electrons. The number of methoxy groups -OCH3 is 1. The number of piperidine rings is 1. The van der Waals surface area contributed by atoms with Gasteiger partial charge in [-0.3, -0.25) is 14.5 Å². The Labute approximate surface area is 124 Å². The lowest BCUT2D eigenvalue weighted by Crippen LogP contribution is -2.44. The van der Waals surface area contributed by atoms with Gasteiger partial charge in [0.05, 0.1) is 25.3 Å². The molecule has 2 aliphatic rings. The molecule has 2 saturated heterocycles. The lowest BCUT2D eigenvalue weighted by atomic mass is 10.1. The van der Waals surface area contributed by atoms with Crippen molar-refractivity contribution in [1.29, 1.82) is 0 Å². The molecule has 5 nitrogen and oxygen atoms in total. The average molecular weight is 288 g/mol. The maximum atomic E-state index is 12.7. The Kier molecular flexibility index (Phi) is 3.92. The van der Waals surface area contributed by atoms with E-state index in [-0.39, 0.29) is 24.3 Å². The minimum absolute atomic E-state index is 0.119. The number of hydrogen-bond acceptors (Lipinski definition) is 4. The molecule has 0 saturated carbocycles. The smallest absolute Gasteiger partial charge is 0.251 e. The molecular weight excluding hydrogens is 268 g/mol. The standard InChI is InChI=1S/C16H20N2O3/c1-21-14-8-4-3-7-12(14)18-15(19)11-13(16(18)20)17-9-5-2-6-10-17/h3-4,7-8,13H,2,5-6,9-11H2,1H3/t13-/m1/s1. The second-order valence-corrected chi connectivity index (χ2v) is 5.56. The number of carbonyl (C=O) groups is 2. The fraction of sp³-hybridized carbons (Fsp3) is 0.500. The van der Waals surface area contributed by atoms with Crippen LogP contribution in [0.3, 0.4) is 0 Å². The molecule has 5 heteroatoms. The molecule has 2 amide bonds. The maximum absolute atomic E-state index is 12.7. The number of benzene rings is 1. The van der Waals surface area contributed by atoms with Crippen molar-refractivity contribution in [3.05, 3.63) is 24.3 Å². The molecule has 2 fully saturated rings. The molecule has 3 rings (SSSR count). The van der Waals surface area contributed by atoms with Crippen LogP contribution in [0, 0.1) is 0 Å². The van der Waals surface area contributed by atoms with E-state index >= 15 is 0 Å². The Morgan fingerprint density at radius 2 is 1.81 bits per heavy atom. The largest absolute Gasteiger partial charge is 0.495 e. The van der Waals surface area contributed by atoms with Gasteiger partial charge in [-0.15, -0.1) is 0 Å². The van der Waals surface area contributed by atoms with Crippen LogP contribution in [-0.2, 0) is 9.59 Å². The number of para-hydroxylation sites is 2. The minimum atomic E-state index is -0.303. The van der Waals surface area contributed by atoms with Crippen molar-refractivity contribution in [2.75, 3.05) is 25.1 Å². The molecule has 0 N–H and O–H groups in total. The van der Waals surface area contributed by atoms with E-state index < -0.39 is 0 Å².